The van der Waals surface area contributed by atoms with Crippen molar-refractivity contribution in [3.05, 3.63) is 64.9 Å². The number of H-pyrrole nitrogens is 1. The Kier molecular flexibility index (Phi) is 6.53. The second-order valence-corrected chi connectivity index (χ2v) is 8.43. The van der Waals surface area contributed by atoms with E-state index in [1.165, 1.54) is 18.4 Å². The molecule has 0 saturated carbocycles. The fourth-order valence-electron chi connectivity index (χ4n) is 4.62. The van der Waals surface area contributed by atoms with Crippen molar-refractivity contribution in [2.75, 3.05) is 13.1 Å². The Morgan fingerprint density at radius 3 is 2.62 bits per heavy atom. The van der Waals surface area contributed by atoms with Crippen molar-refractivity contribution in [2.24, 2.45) is 5.92 Å². The summed E-state index contributed by atoms with van der Waals surface area (Å²) in [6, 6.07) is 16.5. The van der Waals surface area contributed by atoms with Crippen molar-refractivity contribution in [2.45, 2.75) is 51.2 Å². The van der Waals surface area contributed by atoms with Crippen LogP contribution in [0.25, 0.3) is 11.0 Å². The zero-order valence-electron chi connectivity index (χ0n) is 17.2. The Balaban J connectivity index is 1.61. The van der Waals surface area contributed by atoms with E-state index in [0.29, 0.717) is 11.8 Å². The number of para-hydroxylation sites is 2. The van der Waals surface area contributed by atoms with Gasteiger partial charge in [0.1, 0.15) is 11.9 Å². The minimum atomic E-state index is -0.0515. The van der Waals surface area contributed by atoms with Crippen LogP contribution in [0.1, 0.15) is 56.5 Å². The number of fused-ring (bicyclic) bond motifs is 1. The average Bonchev–Trinajstić information content (AvgIpc) is 3.17. The molecule has 1 aromatic heterocycles. The van der Waals surface area contributed by atoms with Crippen molar-refractivity contribution >= 4 is 22.6 Å². The summed E-state index contributed by atoms with van der Waals surface area (Å²) >= 11 is 6.15. The largest absolute Gasteiger partial charge is 0.365 e. The smallest absolute Gasteiger partial charge is 0.136 e. The molecule has 3 aromatic rings. The number of nitrogens with zero attached hydrogens (tertiary/aromatic N) is 1. The van der Waals surface area contributed by atoms with Crippen molar-refractivity contribution in [3.63, 3.8) is 0 Å². The van der Waals surface area contributed by atoms with E-state index in [-0.39, 0.29) is 12.2 Å². The number of piperidine rings is 1. The van der Waals surface area contributed by atoms with Gasteiger partial charge in [-0.1, -0.05) is 56.1 Å². The molecule has 0 aliphatic carbocycles. The Morgan fingerprint density at radius 1 is 1.10 bits per heavy atom. The Morgan fingerprint density at radius 2 is 1.90 bits per heavy atom. The maximum absolute atomic E-state index is 6.74. The van der Waals surface area contributed by atoms with Gasteiger partial charge in [0.25, 0.3) is 0 Å². The fourth-order valence-corrected chi connectivity index (χ4v) is 4.74. The molecule has 2 aromatic carbocycles. The van der Waals surface area contributed by atoms with Crippen LogP contribution in [-0.4, -0.2) is 29.2 Å². The number of aromatic nitrogens is 2. The third-order valence-electron chi connectivity index (χ3n) is 6.00. The van der Waals surface area contributed by atoms with Gasteiger partial charge < -0.3 is 15.0 Å². The van der Waals surface area contributed by atoms with Crippen LogP contribution >= 0.6 is 11.6 Å². The molecule has 4 rings (SSSR count). The summed E-state index contributed by atoms with van der Waals surface area (Å²) in [5, 5.41) is 4.39. The van der Waals surface area contributed by atoms with Crippen LogP contribution in [-0.2, 0) is 4.74 Å². The van der Waals surface area contributed by atoms with E-state index >= 15 is 0 Å². The molecule has 29 heavy (non-hydrogen) atoms. The highest BCUT2D eigenvalue weighted by atomic mass is 35.5. The number of imidazole rings is 1. The lowest BCUT2D eigenvalue weighted by Gasteiger charge is -2.40. The lowest BCUT2D eigenvalue weighted by Crippen LogP contribution is -2.47. The highest BCUT2D eigenvalue weighted by Gasteiger charge is 2.36. The molecule has 1 aliphatic heterocycles. The molecule has 4 nitrogen and oxygen atoms in total. The van der Waals surface area contributed by atoms with Gasteiger partial charge >= 0.3 is 0 Å². The van der Waals surface area contributed by atoms with Crippen molar-refractivity contribution < 1.29 is 4.74 Å². The van der Waals surface area contributed by atoms with Crippen LogP contribution in [0.5, 0.6) is 0 Å². The topological polar surface area (TPSA) is 49.9 Å². The lowest BCUT2D eigenvalue weighted by atomic mass is 9.77. The van der Waals surface area contributed by atoms with Crippen LogP contribution in [0.15, 0.2) is 48.5 Å². The van der Waals surface area contributed by atoms with Gasteiger partial charge in [-0.25, -0.2) is 4.98 Å². The second kappa shape index (κ2) is 9.29. The molecule has 4 unspecified atom stereocenters. The van der Waals surface area contributed by atoms with Crippen LogP contribution < -0.4 is 5.32 Å². The quantitative estimate of drug-likeness (QED) is 0.512. The first-order valence-corrected chi connectivity index (χ1v) is 11.1. The first-order valence-electron chi connectivity index (χ1n) is 10.8. The van der Waals surface area contributed by atoms with Crippen LogP contribution in [0.3, 0.4) is 0 Å². The molecule has 4 atom stereocenters. The predicted molar refractivity (Wildman–Crippen MR) is 119 cm³/mol. The third-order valence-corrected chi connectivity index (χ3v) is 6.25. The average molecular weight is 412 g/mol. The molecule has 2 N–H and O–H groups in total. The lowest BCUT2D eigenvalue weighted by molar-refractivity contribution is -0.0536. The Bertz CT molecular complexity index is 888. The molecule has 1 fully saturated rings. The normalized spacial score (nSPS) is 23.3. The molecular weight excluding hydrogens is 382 g/mol. The first-order chi connectivity index (χ1) is 14.2. The first kappa shape index (κ1) is 20.4. The van der Waals surface area contributed by atoms with Gasteiger partial charge in [0, 0.05) is 17.5 Å². The zero-order valence-corrected chi connectivity index (χ0v) is 18.0. The summed E-state index contributed by atoms with van der Waals surface area (Å²) in [6.07, 6.45) is 3.28. The summed E-state index contributed by atoms with van der Waals surface area (Å²) in [7, 11) is 0. The molecule has 1 aliphatic rings. The molecule has 0 amide bonds. The van der Waals surface area contributed by atoms with E-state index in [9.17, 15) is 0 Å². The SMILES string of the molecule is CCCC1CNCC(OC(CC)c2nc3ccccc3[nH]2)C1c1ccc(Cl)cc1. The number of ether oxygens (including phenoxy) is 1. The highest BCUT2D eigenvalue weighted by Crippen LogP contribution is 2.38. The van der Waals surface area contributed by atoms with Crippen molar-refractivity contribution in [1.29, 1.82) is 0 Å². The Hall–Kier alpha value is -1.88. The monoisotopic (exact) mass is 411 g/mol. The molecule has 0 bridgehead atoms. The minimum absolute atomic E-state index is 0.0515. The van der Waals surface area contributed by atoms with Crippen LogP contribution in [0.4, 0.5) is 0 Å². The van der Waals surface area contributed by atoms with Crippen LogP contribution in [0.2, 0.25) is 5.02 Å². The molecule has 0 radical (unpaired) electrons. The maximum atomic E-state index is 6.74. The van der Waals surface area contributed by atoms with E-state index in [0.717, 1.165) is 41.4 Å². The van der Waals surface area contributed by atoms with E-state index in [1.807, 2.05) is 30.3 Å². The van der Waals surface area contributed by atoms with Gasteiger partial charge in [-0.15, -0.1) is 0 Å². The zero-order chi connectivity index (χ0) is 20.2. The van der Waals surface area contributed by atoms with E-state index in [2.05, 4.69) is 42.3 Å². The molecule has 2 heterocycles. The van der Waals surface area contributed by atoms with Gasteiger partial charge in [-0.3, -0.25) is 0 Å². The van der Waals surface area contributed by atoms with Gasteiger partial charge in [-0.05, 0) is 55.1 Å². The number of hydrogen-bond donors (Lipinski definition) is 2. The number of aromatic amines is 1. The molecule has 0 spiro atoms. The van der Waals surface area contributed by atoms with E-state index < -0.39 is 0 Å². The Labute approximate surface area is 178 Å². The number of rotatable bonds is 7. The molecule has 5 heteroatoms. The second-order valence-electron chi connectivity index (χ2n) is 7.99. The van der Waals surface area contributed by atoms with E-state index in [1.54, 1.807) is 0 Å². The maximum Gasteiger partial charge on any atom is 0.136 e. The molecule has 1 saturated heterocycles. The van der Waals surface area contributed by atoms with Gasteiger partial charge in [-0.2, -0.15) is 0 Å². The summed E-state index contributed by atoms with van der Waals surface area (Å²) in [5.41, 5.74) is 3.37. The summed E-state index contributed by atoms with van der Waals surface area (Å²) in [6.45, 7) is 6.30. The predicted octanol–water partition coefficient (Wildman–Crippen LogP) is 5.86. The summed E-state index contributed by atoms with van der Waals surface area (Å²) < 4.78 is 6.74. The van der Waals surface area contributed by atoms with Crippen molar-refractivity contribution in [3.8, 4) is 0 Å². The van der Waals surface area contributed by atoms with Gasteiger partial charge in [0.2, 0.25) is 0 Å². The number of benzene rings is 2. The summed E-state index contributed by atoms with van der Waals surface area (Å²) in [4.78, 5) is 8.26. The number of halogens is 1. The number of hydrogen-bond acceptors (Lipinski definition) is 3. The third kappa shape index (κ3) is 4.50. The molecular formula is C24H30ClN3O. The fraction of sp³-hybridized carbons (Fsp3) is 0.458. The summed E-state index contributed by atoms with van der Waals surface area (Å²) in [5.74, 6) is 1.82. The molecule has 154 valence electrons. The van der Waals surface area contributed by atoms with E-state index in [4.69, 9.17) is 21.3 Å². The van der Waals surface area contributed by atoms with Crippen LogP contribution in [0, 0.1) is 5.92 Å². The van der Waals surface area contributed by atoms with Gasteiger partial charge in [0.05, 0.1) is 17.1 Å². The minimum Gasteiger partial charge on any atom is -0.365 e. The number of nitrogens with one attached hydrogen (secondary N) is 2. The highest BCUT2D eigenvalue weighted by molar-refractivity contribution is 6.30. The van der Waals surface area contributed by atoms with Crippen molar-refractivity contribution in [1.82, 2.24) is 15.3 Å². The standard InChI is InChI=1S/C24H30ClN3O/c1-3-7-17-14-26-15-22(23(17)16-10-12-18(25)13-11-16)29-21(4-2)24-27-19-8-5-6-9-20(19)28-24/h5-6,8-13,17,21-23,26H,3-4,7,14-15H2,1-2H3,(H,27,28). The van der Waals surface area contributed by atoms with Gasteiger partial charge in [0.15, 0.2) is 0 Å².